The van der Waals surface area contributed by atoms with E-state index < -0.39 is 0 Å². The van der Waals surface area contributed by atoms with Crippen LogP contribution in [0.4, 0.5) is 4.39 Å². The zero-order valence-electron chi connectivity index (χ0n) is 7.56. The van der Waals surface area contributed by atoms with Crippen LogP contribution in [0, 0.1) is 11.7 Å². The minimum absolute atomic E-state index is 0.247. The summed E-state index contributed by atoms with van der Waals surface area (Å²) in [7, 11) is 0. The lowest BCUT2D eigenvalue weighted by Crippen LogP contribution is -2.18. The number of benzene rings is 1. The number of hydrogen-bond donors (Lipinski definition) is 0. The molecular weight excluding hydrogens is 187 g/mol. The van der Waals surface area contributed by atoms with Gasteiger partial charge in [-0.1, -0.05) is 24.6 Å². The molecule has 0 unspecified atom stereocenters. The van der Waals surface area contributed by atoms with Gasteiger partial charge in [0.1, 0.15) is 5.82 Å². The minimum atomic E-state index is -0.321. The first kappa shape index (κ1) is 9.01. The molecule has 2 heteroatoms. The Balaban J connectivity index is 2.18. The molecule has 1 aromatic carbocycles. The summed E-state index contributed by atoms with van der Waals surface area (Å²) in [5.41, 5.74) is 1.18. The molecule has 0 nitrogen and oxygen atoms in total. The molecule has 1 aromatic rings. The maximum Gasteiger partial charge on any atom is 0.141 e. The summed E-state index contributed by atoms with van der Waals surface area (Å²) in [6.45, 7) is 2.24. The molecule has 1 aliphatic rings. The van der Waals surface area contributed by atoms with Crippen LogP contribution in [0.1, 0.15) is 31.2 Å². The molecule has 1 fully saturated rings. The summed E-state index contributed by atoms with van der Waals surface area (Å²) in [6.07, 6.45) is 2.42. The minimum Gasteiger partial charge on any atom is -0.205 e. The molecule has 0 heterocycles. The van der Waals surface area contributed by atoms with E-state index in [1.54, 1.807) is 6.07 Å². The molecule has 1 saturated carbocycles. The predicted molar refractivity (Wildman–Crippen MR) is 52.5 cm³/mol. The maximum atomic E-state index is 12.8. The van der Waals surface area contributed by atoms with Gasteiger partial charge in [-0.2, -0.15) is 0 Å². The Kier molecular flexibility index (Phi) is 2.29. The van der Waals surface area contributed by atoms with E-state index in [1.807, 2.05) is 6.07 Å². The molecule has 0 atom stereocenters. The van der Waals surface area contributed by atoms with Crippen LogP contribution in [0.5, 0.6) is 0 Å². The van der Waals surface area contributed by atoms with E-state index >= 15 is 0 Å². The van der Waals surface area contributed by atoms with Gasteiger partial charge in [-0.05, 0) is 42.4 Å². The van der Waals surface area contributed by atoms with Crippen LogP contribution in [0.2, 0.25) is 5.02 Å². The average molecular weight is 199 g/mol. The van der Waals surface area contributed by atoms with Gasteiger partial charge in [-0.25, -0.2) is 4.39 Å². The van der Waals surface area contributed by atoms with E-state index in [4.69, 9.17) is 11.6 Å². The van der Waals surface area contributed by atoms with Gasteiger partial charge >= 0.3 is 0 Å². The third kappa shape index (κ3) is 1.71. The van der Waals surface area contributed by atoms with Gasteiger partial charge in [0, 0.05) is 0 Å². The fourth-order valence-electron chi connectivity index (χ4n) is 1.94. The molecule has 0 aliphatic heterocycles. The topological polar surface area (TPSA) is 0 Å². The zero-order chi connectivity index (χ0) is 9.42. The van der Waals surface area contributed by atoms with E-state index in [2.05, 4.69) is 6.92 Å². The van der Waals surface area contributed by atoms with Crippen molar-refractivity contribution in [3.8, 4) is 0 Å². The second-order valence-corrected chi connectivity index (χ2v) is 4.35. The van der Waals surface area contributed by atoms with Gasteiger partial charge in [0.25, 0.3) is 0 Å². The monoisotopic (exact) mass is 198 g/mol. The third-order valence-electron chi connectivity index (χ3n) is 2.79. The quantitative estimate of drug-likeness (QED) is 0.640. The van der Waals surface area contributed by atoms with Crippen LogP contribution in [-0.4, -0.2) is 0 Å². The van der Waals surface area contributed by atoms with Gasteiger partial charge in [0.05, 0.1) is 5.02 Å². The van der Waals surface area contributed by atoms with Gasteiger partial charge in [-0.15, -0.1) is 0 Å². The summed E-state index contributed by atoms with van der Waals surface area (Å²) >= 11 is 5.70. The highest BCUT2D eigenvalue weighted by molar-refractivity contribution is 6.30. The fraction of sp³-hybridized carbons (Fsp3) is 0.455. The summed E-state index contributed by atoms with van der Waals surface area (Å²) < 4.78 is 12.8. The largest absolute Gasteiger partial charge is 0.205 e. The highest BCUT2D eigenvalue weighted by Gasteiger charge is 2.26. The summed E-state index contributed by atoms with van der Waals surface area (Å²) in [4.78, 5) is 0. The van der Waals surface area contributed by atoms with E-state index in [0.29, 0.717) is 5.92 Å². The lowest BCUT2D eigenvalue weighted by Gasteiger charge is -2.33. The molecule has 0 aromatic heterocycles. The lowest BCUT2D eigenvalue weighted by molar-refractivity contribution is 0.288. The van der Waals surface area contributed by atoms with E-state index in [-0.39, 0.29) is 10.8 Å². The molecule has 13 heavy (non-hydrogen) atoms. The van der Waals surface area contributed by atoms with Gasteiger partial charge < -0.3 is 0 Å². The SMILES string of the molecule is CC1CC(c2ccc(F)c(Cl)c2)C1. The Bertz CT molecular complexity index is 316. The fourth-order valence-corrected chi connectivity index (χ4v) is 2.13. The summed E-state index contributed by atoms with van der Waals surface area (Å²) in [5.74, 6) is 1.10. The lowest BCUT2D eigenvalue weighted by atomic mass is 9.72. The van der Waals surface area contributed by atoms with Crippen molar-refractivity contribution in [3.63, 3.8) is 0 Å². The molecule has 0 N–H and O–H groups in total. The molecule has 0 spiro atoms. The van der Waals surface area contributed by atoms with Crippen LogP contribution in [0.15, 0.2) is 18.2 Å². The Labute approximate surface area is 82.7 Å². The Morgan fingerprint density at radius 2 is 2.08 bits per heavy atom. The van der Waals surface area contributed by atoms with Crippen molar-refractivity contribution in [1.29, 1.82) is 0 Å². The summed E-state index contributed by atoms with van der Waals surface area (Å²) in [6, 6.07) is 5.06. The smallest absolute Gasteiger partial charge is 0.141 e. The van der Waals surface area contributed by atoms with Gasteiger partial charge in [-0.3, -0.25) is 0 Å². The van der Waals surface area contributed by atoms with Crippen molar-refractivity contribution in [2.45, 2.75) is 25.7 Å². The van der Waals surface area contributed by atoms with Crippen LogP contribution < -0.4 is 0 Å². The molecule has 0 amide bonds. The van der Waals surface area contributed by atoms with Crippen LogP contribution in [0.3, 0.4) is 0 Å². The first-order valence-electron chi connectivity index (χ1n) is 4.62. The van der Waals surface area contributed by atoms with Crippen LogP contribution >= 0.6 is 11.6 Å². The molecule has 2 rings (SSSR count). The average Bonchev–Trinajstić information content (AvgIpc) is 2.05. The highest BCUT2D eigenvalue weighted by Crippen LogP contribution is 2.41. The van der Waals surface area contributed by atoms with Crippen molar-refractivity contribution in [2.24, 2.45) is 5.92 Å². The van der Waals surface area contributed by atoms with Crippen molar-refractivity contribution in [1.82, 2.24) is 0 Å². The standard InChI is InChI=1S/C11H12ClF/c1-7-4-9(5-7)8-2-3-11(13)10(12)6-8/h2-3,6-7,9H,4-5H2,1H3. The molecular formula is C11H12ClF. The highest BCUT2D eigenvalue weighted by atomic mass is 35.5. The zero-order valence-corrected chi connectivity index (χ0v) is 8.31. The molecule has 1 aliphatic carbocycles. The predicted octanol–water partition coefficient (Wildman–Crippen LogP) is 3.99. The first-order valence-corrected chi connectivity index (χ1v) is 4.99. The van der Waals surface area contributed by atoms with Crippen molar-refractivity contribution in [2.75, 3.05) is 0 Å². The van der Waals surface area contributed by atoms with E-state index in [1.165, 1.54) is 24.5 Å². The van der Waals surface area contributed by atoms with Crippen molar-refractivity contribution in [3.05, 3.63) is 34.6 Å². The van der Waals surface area contributed by atoms with Gasteiger partial charge in [0.2, 0.25) is 0 Å². The van der Waals surface area contributed by atoms with E-state index in [0.717, 1.165) is 5.92 Å². The van der Waals surface area contributed by atoms with Crippen molar-refractivity contribution >= 4 is 11.6 Å². The maximum absolute atomic E-state index is 12.8. The van der Waals surface area contributed by atoms with Crippen LogP contribution in [-0.2, 0) is 0 Å². The molecule has 0 bridgehead atoms. The van der Waals surface area contributed by atoms with Crippen LogP contribution in [0.25, 0.3) is 0 Å². The second-order valence-electron chi connectivity index (χ2n) is 3.95. The second kappa shape index (κ2) is 3.30. The third-order valence-corrected chi connectivity index (χ3v) is 3.08. The van der Waals surface area contributed by atoms with Gasteiger partial charge in [0.15, 0.2) is 0 Å². The molecule has 0 saturated heterocycles. The van der Waals surface area contributed by atoms with E-state index in [9.17, 15) is 4.39 Å². The Morgan fingerprint density at radius 1 is 1.38 bits per heavy atom. The summed E-state index contributed by atoms with van der Waals surface area (Å²) in [5, 5.41) is 0.247. The Hall–Kier alpha value is -0.560. The molecule has 70 valence electrons. The van der Waals surface area contributed by atoms with Crippen molar-refractivity contribution < 1.29 is 4.39 Å². The molecule has 0 radical (unpaired) electrons. The normalized spacial score (nSPS) is 27.0. The first-order chi connectivity index (χ1) is 6.16. The number of halogens is 2. The Morgan fingerprint density at radius 3 is 2.62 bits per heavy atom. The number of rotatable bonds is 1. The number of hydrogen-bond acceptors (Lipinski definition) is 0.